The Balaban J connectivity index is 1.62. The van der Waals surface area contributed by atoms with Crippen molar-refractivity contribution in [1.29, 1.82) is 0 Å². The van der Waals surface area contributed by atoms with Gasteiger partial charge in [-0.1, -0.05) is 30.3 Å². The van der Waals surface area contributed by atoms with Gasteiger partial charge in [0.15, 0.2) is 0 Å². The zero-order valence-corrected chi connectivity index (χ0v) is 19.8. The van der Waals surface area contributed by atoms with Gasteiger partial charge in [0.25, 0.3) is 0 Å². The second-order valence-corrected chi connectivity index (χ2v) is 8.70. The second-order valence-electron chi connectivity index (χ2n) is 8.70. The molecule has 1 aliphatic rings. The minimum absolute atomic E-state index is 0.0300. The number of anilines is 1. The Kier molecular flexibility index (Phi) is 8.50. The summed E-state index contributed by atoms with van der Waals surface area (Å²) in [4.78, 5) is 17.2. The smallest absolute Gasteiger partial charge is 0.319 e. The molecule has 174 valence electrons. The van der Waals surface area contributed by atoms with Crippen LogP contribution in [0.25, 0.3) is 0 Å². The van der Waals surface area contributed by atoms with E-state index < -0.39 is 0 Å². The van der Waals surface area contributed by atoms with Crippen molar-refractivity contribution in [1.82, 2.24) is 15.1 Å². The fourth-order valence-corrected chi connectivity index (χ4v) is 4.24. The number of likely N-dealkylation sites (N-methyl/N-ethyl adjacent to an activating group) is 1. The van der Waals surface area contributed by atoms with E-state index in [4.69, 9.17) is 9.47 Å². The summed E-state index contributed by atoms with van der Waals surface area (Å²) in [5, 5.41) is 6.07. The van der Waals surface area contributed by atoms with E-state index in [1.807, 2.05) is 56.6 Å². The van der Waals surface area contributed by atoms with Gasteiger partial charge < -0.3 is 25.0 Å². The number of hydrogen-bond donors (Lipinski definition) is 2. The van der Waals surface area contributed by atoms with Crippen LogP contribution in [0.15, 0.2) is 48.5 Å². The quantitative estimate of drug-likeness (QED) is 0.655. The average molecular weight is 441 g/mol. The molecule has 2 aromatic carbocycles. The van der Waals surface area contributed by atoms with Crippen LogP contribution in [-0.4, -0.2) is 68.9 Å². The fourth-order valence-electron chi connectivity index (χ4n) is 4.24. The molecule has 0 saturated carbocycles. The van der Waals surface area contributed by atoms with Crippen molar-refractivity contribution in [2.24, 2.45) is 0 Å². The number of nitrogens with zero attached hydrogens (tertiary/aromatic N) is 2. The molecule has 7 nitrogen and oxygen atoms in total. The third kappa shape index (κ3) is 6.69. The van der Waals surface area contributed by atoms with Gasteiger partial charge in [0.1, 0.15) is 5.75 Å². The maximum atomic E-state index is 12.7. The van der Waals surface area contributed by atoms with E-state index in [9.17, 15) is 4.79 Å². The normalized spacial score (nSPS) is 20.1. The number of carbonyl (C=O) groups is 1. The van der Waals surface area contributed by atoms with E-state index in [1.165, 1.54) is 0 Å². The number of ether oxygens (including phenoxy) is 2. The van der Waals surface area contributed by atoms with Crippen molar-refractivity contribution in [3.63, 3.8) is 0 Å². The summed E-state index contributed by atoms with van der Waals surface area (Å²) in [6.07, 6.45) is 0.420. The monoisotopic (exact) mass is 440 g/mol. The van der Waals surface area contributed by atoms with Gasteiger partial charge in [-0.2, -0.15) is 0 Å². The zero-order valence-electron chi connectivity index (χ0n) is 19.8. The van der Waals surface area contributed by atoms with Crippen LogP contribution in [0.3, 0.4) is 0 Å². The molecule has 2 amide bonds. The lowest BCUT2D eigenvalue weighted by atomic mass is 10.1. The predicted molar refractivity (Wildman–Crippen MR) is 128 cm³/mol. The lowest BCUT2D eigenvalue weighted by Gasteiger charge is -2.35. The van der Waals surface area contributed by atoms with Crippen molar-refractivity contribution < 1.29 is 14.3 Å². The Bertz CT molecular complexity index is 879. The van der Waals surface area contributed by atoms with Crippen LogP contribution in [0.1, 0.15) is 31.0 Å². The summed E-state index contributed by atoms with van der Waals surface area (Å²) in [6, 6.07) is 15.7. The lowest BCUT2D eigenvalue weighted by molar-refractivity contribution is -0.0704. The molecule has 0 bridgehead atoms. The Morgan fingerprint density at radius 1 is 1.16 bits per heavy atom. The molecule has 0 radical (unpaired) electrons. The highest BCUT2D eigenvalue weighted by atomic mass is 16.5. The molecule has 2 aromatic rings. The average Bonchev–Trinajstić information content (AvgIpc) is 2.74. The number of rotatable bonds is 8. The standard InChI is InChI=1S/C25H36N4O3/c1-18-15-29(16-19(2)32-18)17-21-9-6-7-12-23(21)27-25(30)26-14-24(28(3)4)20-10-8-11-22(13-20)31-5/h6-13,18-19,24H,14-17H2,1-5H3,(H2,26,27,30). The molecule has 3 atom stereocenters. The zero-order chi connectivity index (χ0) is 23.1. The topological polar surface area (TPSA) is 66.1 Å². The summed E-state index contributed by atoms with van der Waals surface area (Å²) in [5.74, 6) is 0.805. The Morgan fingerprint density at radius 3 is 2.56 bits per heavy atom. The number of para-hydroxylation sites is 1. The lowest BCUT2D eigenvalue weighted by Crippen LogP contribution is -2.45. The number of hydrogen-bond acceptors (Lipinski definition) is 5. The summed E-state index contributed by atoms with van der Waals surface area (Å²) < 4.78 is 11.2. The van der Waals surface area contributed by atoms with Gasteiger partial charge >= 0.3 is 6.03 Å². The number of benzene rings is 2. The van der Waals surface area contributed by atoms with Gasteiger partial charge in [0.2, 0.25) is 0 Å². The first kappa shape index (κ1) is 24.0. The van der Waals surface area contributed by atoms with Gasteiger partial charge in [-0.25, -0.2) is 4.79 Å². The number of methoxy groups -OCH3 is 1. The van der Waals surface area contributed by atoms with Crippen LogP contribution in [0, 0.1) is 0 Å². The molecular weight excluding hydrogens is 404 g/mol. The van der Waals surface area contributed by atoms with Crippen molar-refractivity contribution in [3.8, 4) is 5.75 Å². The van der Waals surface area contributed by atoms with Crippen LogP contribution in [0.4, 0.5) is 10.5 Å². The molecule has 32 heavy (non-hydrogen) atoms. The highest BCUT2D eigenvalue weighted by molar-refractivity contribution is 5.90. The highest BCUT2D eigenvalue weighted by Gasteiger charge is 2.23. The Labute approximate surface area is 191 Å². The number of urea groups is 1. The summed E-state index contributed by atoms with van der Waals surface area (Å²) in [7, 11) is 5.66. The van der Waals surface area contributed by atoms with Crippen molar-refractivity contribution in [3.05, 3.63) is 59.7 Å². The largest absolute Gasteiger partial charge is 0.497 e. The summed E-state index contributed by atoms with van der Waals surface area (Å²) in [5.41, 5.74) is 3.02. The van der Waals surface area contributed by atoms with Gasteiger partial charge in [-0.05, 0) is 57.3 Å². The molecule has 3 rings (SSSR count). The number of carbonyl (C=O) groups excluding carboxylic acids is 1. The van der Waals surface area contributed by atoms with Crippen LogP contribution in [0.2, 0.25) is 0 Å². The fraction of sp³-hybridized carbons (Fsp3) is 0.480. The van der Waals surface area contributed by atoms with Gasteiger partial charge in [0, 0.05) is 31.9 Å². The molecule has 3 unspecified atom stereocenters. The first-order valence-corrected chi connectivity index (χ1v) is 11.2. The van der Waals surface area contributed by atoms with Gasteiger partial charge in [-0.3, -0.25) is 4.90 Å². The van der Waals surface area contributed by atoms with Gasteiger partial charge in [0.05, 0.1) is 25.4 Å². The third-order valence-corrected chi connectivity index (χ3v) is 5.71. The van der Waals surface area contributed by atoms with Crippen LogP contribution >= 0.6 is 0 Å². The molecule has 0 aliphatic carbocycles. The van der Waals surface area contributed by atoms with Crippen molar-refractivity contribution >= 4 is 11.7 Å². The van der Waals surface area contributed by atoms with Crippen LogP contribution < -0.4 is 15.4 Å². The van der Waals surface area contributed by atoms with E-state index in [0.29, 0.717) is 6.54 Å². The molecule has 1 aliphatic heterocycles. The van der Waals surface area contributed by atoms with E-state index in [-0.39, 0.29) is 24.3 Å². The Morgan fingerprint density at radius 2 is 1.88 bits per heavy atom. The molecule has 1 fully saturated rings. The van der Waals surface area contributed by atoms with Crippen molar-refractivity contribution in [2.45, 2.75) is 38.6 Å². The number of nitrogens with one attached hydrogen (secondary N) is 2. The molecule has 0 spiro atoms. The SMILES string of the molecule is COc1cccc(C(CNC(=O)Nc2ccccc2CN2CC(C)OC(C)C2)N(C)C)c1. The molecule has 1 heterocycles. The summed E-state index contributed by atoms with van der Waals surface area (Å²) >= 11 is 0. The molecule has 1 saturated heterocycles. The molecule has 7 heteroatoms. The maximum absolute atomic E-state index is 12.7. The van der Waals surface area contributed by atoms with Crippen LogP contribution in [0.5, 0.6) is 5.75 Å². The maximum Gasteiger partial charge on any atom is 0.319 e. The number of amides is 2. The summed E-state index contributed by atoms with van der Waals surface area (Å²) in [6.45, 7) is 7.23. The molecule has 0 aromatic heterocycles. The minimum atomic E-state index is -0.212. The molecular formula is C25H36N4O3. The predicted octanol–water partition coefficient (Wildman–Crippen LogP) is 3.73. The second kappa shape index (κ2) is 11.3. The first-order chi connectivity index (χ1) is 15.4. The van der Waals surface area contributed by atoms with Crippen LogP contribution in [-0.2, 0) is 11.3 Å². The minimum Gasteiger partial charge on any atom is -0.497 e. The van der Waals surface area contributed by atoms with E-state index in [2.05, 4.69) is 40.3 Å². The highest BCUT2D eigenvalue weighted by Crippen LogP contribution is 2.23. The Hall–Kier alpha value is -2.61. The third-order valence-electron chi connectivity index (χ3n) is 5.71. The first-order valence-electron chi connectivity index (χ1n) is 11.2. The van der Waals surface area contributed by atoms with E-state index in [0.717, 1.165) is 42.2 Å². The van der Waals surface area contributed by atoms with E-state index in [1.54, 1.807) is 7.11 Å². The van der Waals surface area contributed by atoms with Crippen molar-refractivity contribution in [2.75, 3.05) is 46.2 Å². The number of morpholine rings is 1. The van der Waals surface area contributed by atoms with E-state index >= 15 is 0 Å². The molecule has 2 N–H and O–H groups in total. The van der Waals surface area contributed by atoms with Gasteiger partial charge in [-0.15, -0.1) is 0 Å².